The van der Waals surface area contributed by atoms with Crippen LogP contribution in [0.5, 0.6) is 0 Å². The minimum absolute atomic E-state index is 0.00369. The average molecular weight is 429 g/mol. The van der Waals surface area contributed by atoms with E-state index in [9.17, 15) is 9.59 Å². The van der Waals surface area contributed by atoms with E-state index in [1.807, 2.05) is 12.9 Å². The van der Waals surface area contributed by atoms with Gasteiger partial charge in [-0.05, 0) is 18.4 Å². The third-order valence-electron chi connectivity index (χ3n) is 3.86. The van der Waals surface area contributed by atoms with Crippen molar-refractivity contribution in [1.82, 2.24) is 10.6 Å². The zero-order valence-corrected chi connectivity index (χ0v) is 19.0. The van der Waals surface area contributed by atoms with E-state index in [4.69, 9.17) is 18.3 Å². The number of alkyl carbamates (subject to hydrolysis) is 1. The molecule has 162 valence electrons. The Kier molecular flexibility index (Phi) is 17.1. The number of hydrogen-bond donors (Lipinski definition) is 2. The molecule has 10 heteroatoms. The Balaban J connectivity index is 3.43. The van der Waals surface area contributed by atoms with Crippen molar-refractivity contribution in [3.05, 3.63) is 0 Å². The molecule has 0 aromatic carbocycles. The summed E-state index contributed by atoms with van der Waals surface area (Å²) in [6.45, 7) is 3.57. The quantitative estimate of drug-likeness (QED) is 0.272. The molecule has 0 atom stereocenters. The van der Waals surface area contributed by atoms with Gasteiger partial charge in [0.2, 0.25) is 5.91 Å². The average Bonchev–Trinajstić information content (AvgIpc) is 2.67. The Bertz CT molecular complexity index is 400. The molecule has 27 heavy (non-hydrogen) atoms. The minimum Gasteiger partial charge on any atom is -0.353 e. The van der Waals surface area contributed by atoms with E-state index in [0.717, 1.165) is 37.9 Å². The number of unbranched alkanes of at least 4 members (excludes halogenated alkanes) is 3. The second-order valence-corrected chi connectivity index (χ2v) is 9.86. The van der Waals surface area contributed by atoms with Gasteiger partial charge in [-0.2, -0.15) is 11.8 Å². The van der Waals surface area contributed by atoms with Crippen LogP contribution in [0.15, 0.2) is 0 Å². The number of hydrogen-bond acceptors (Lipinski definition) is 7. The first kappa shape index (κ1) is 26.4. The predicted octanol–water partition coefficient (Wildman–Crippen LogP) is 2.97. The van der Waals surface area contributed by atoms with Crippen LogP contribution in [-0.2, 0) is 23.1 Å². The fraction of sp³-hybridized carbons (Fsp3) is 0.882. The number of rotatable bonds is 17. The van der Waals surface area contributed by atoms with E-state index in [1.54, 1.807) is 26.0 Å². The molecule has 0 aromatic rings. The summed E-state index contributed by atoms with van der Waals surface area (Å²) in [6, 6.07) is 0. The van der Waals surface area contributed by atoms with Crippen molar-refractivity contribution in [3.63, 3.8) is 0 Å². The molecule has 0 unspecified atom stereocenters. The summed E-state index contributed by atoms with van der Waals surface area (Å²) in [4.78, 5) is 23.0. The number of ether oxygens (including phenoxy) is 1. The van der Waals surface area contributed by atoms with Crippen LogP contribution in [0.4, 0.5) is 4.79 Å². The van der Waals surface area contributed by atoms with Gasteiger partial charge in [-0.1, -0.05) is 0 Å². The molecule has 0 rings (SSSR count). The van der Waals surface area contributed by atoms with Gasteiger partial charge in [0.1, 0.15) is 0 Å². The Morgan fingerprint density at radius 2 is 1.63 bits per heavy atom. The van der Waals surface area contributed by atoms with Crippen LogP contribution in [0.1, 0.15) is 38.5 Å². The van der Waals surface area contributed by atoms with Gasteiger partial charge in [0, 0.05) is 6.42 Å². The van der Waals surface area contributed by atoms with Crippen LogP contribution in [0, 0.1) is 0 Å². The molecule has 0 saturated carbocycles. The first-order chi connectivity index (χ1) is 13.0. The van der Waals surface area contributed by atoms with Gasteiger partial charge in [0.15, 0.2) is 0 Å². The Morgan fingerprint density at radius 1 is 0.926 bits per heavy atom. The first-order valence-electron chi connectivity index (χ1n) is 9.38. The van der Waals surface area contributed by atoms with Crippen molar-refractivity contribution in [2.24, 2.45) is 0 Å². The Morgan fingerprint density at radius 3 is 2.30 bits per heavy atom. The van der Waals surface area contributed by atoms with Crippen LogP contribution in [0.2, 0.25) is 0 Å². The zero-order chi connectivity index (χ0) is 20.4. The fourth-order valence-corrected chi connectivity index (χ4v) is 3.43. The van der Waals surface area contributed by atoms with E-state index in [1.165, 1.54) is 0 Å². The molecule has 8 nitrogen and oxygen atoms in total. The van der Waals surface area contributed by atoms with Crippen molar-refractivity contribution in [2.75, 3.05) is 59.2 Å². The van der Waals surface area contributed by atoms with E-state index < -0.39 is 14.0 Å². The van der Waals surface area contributed by atoms with Crippen LogP contribution in [0.25, 0.3) is 0 Å². The number of amides is 2. The number of nitrogens with one attached hydrogen (secondary N) is 2. The van der Waals surface area contributed by atoms with Gasteiger partial charge in [0.05, 0.1) is 0 Å². The van der Waals surface area contributed by atoms with Crippen LogP contribution in [0.3, 0.4) is 0 Å². The van der Waals surface area contributed by atoms with E-state index in [2.05, 4.69) is 10.6 Å². The SMILES string of the molecule is CO[PH](C)(OC)OCCCCCCNC(=O)OCCNC(=O)CCCSC. The maximum atomic E-state index is 11.5. The molecule has 2 N–H and O–H groups in total. The van der Waals surface area contributed by atoms with Crippen LogP contribution >= 0.6 is 19.7 Å². The molecule has 2 amide bonds. The standard InChI is InChI=1S/C17H37N2O6PS/c1-22-26(3,23-2)25-13-8-6-5-7-11-19-17(21)24-14-12-18-16(20)10-9-15-27-4/h26H,5-15H2,1-4H3,(H,18,20)(H,19,21). The smallest absolute Gasteiger partial charge is 0.353 e. The second kappa shape index (κ2) is 17.5. The molecule has 0 aliphatic carbocycles. The van der Waals surface area contributed by atoms with Crippen molar-refractivity contribution in [2.45, 2.75) is 38.5 Å². The number of thioether (sulfide) groups is 1. The topological polar surface area (TPSA) is 95.1 Å². The van der Waals surface area contributed by atoms with E-state index >= 15 is 0 Å². The first-order valence-corrected chi connectivity index (χ1v) is 13.0. The number of carbonyl (C=O) groups excluding carboxylic acids is 2. The summed E-state index contributed by atoms with van der Waals surface area (Å²) in [5.74, 6) is 0.969. The van der Waals surface area contributed by atoms with Crippen molar-refractivity contribution in [1.29, 1.82) is 0 Å². The van der Waals surface area contributed by atoms with Gasteiger partial charge in [-0.25, -0.2) is 0 Å². The van der Waals surface area contributed by atoms with Crippen molar-refractivity contribution in [3.8, 4) is 0 Å². The second-order valence-electron chi connectivity index (χ2n) is 6.04. The number of carbonyl (C=O) groups is 2. The summed E-state index contributed by atoms with van der Waals surface area (Å²) in [6.07, 6.45) is 6.75. The maximum absolute atomic E-state index is 11.5. The molecule has 0 heterocycles. The summed E-state index contributed by atoms with van der Waals surface area (Å²) in [5.41, 5.74) is 0. The van der Waals surface area contributed by atoms with Gasteiger partial charge < -0.3 is 5.32 Å². The van der Waals surface area contributed by atoms with Crippen LogP contribution < -0.4 is 10.6 Å². The molecular weight excluding hydrogens is 391 g/mol. The third kappa shape index (κ3) is 16.1. The molecule has 0 spiro atoms. The van der Waals surface area contributed by atoms with E-state index in [-0.39, 0.29) is 12.5 Å². The summed E-state index contributed by atoms with van der Waals surface area (Å²) < 4.78 is 21.1. The van der Waals surface area contributed by atoms with Crippen molar-refractivity contribution < 1.29 is 27.9 Å². The molecule has 0 aliphatic rings. The Hall–Kier alpha value is -0.600. The van der Waals surface area contributed by atoms with Gasteiger partial charge >= 0.3 is 115 Å². The minimum atomic E-state index is -2.42. The normalized spacial score (nSPS) is 11.9. The van der Waals surface area contributed by atoms with E-state index in [0.29, 0.717) is 26.1 Å². The van der Waals surface area contributed by atoms with Gasteiger partial charge in [-0.15, -0.1) is 0 Å². The monoisotopic (exact) mass is 428 g/mol. The molecular formula is C17H37N2O6PS. The molecule has 0 radical (unpaired) electrons. The molecule has 0 bridgehead atoms. The molecule has 0 saturated heterocycles. The predicted molar refractivity (Wildman–Crippen MR) is 113 cm³/mol. The molecule has 0 fully saturated rings. The molecule has 0 aromatic heterocycles. The van der Waals surface area contributed by atoms with Crippen LogP contribution in [-0.4, -0.2) is 71.2 Å². The summed E-state index contributed by atoms with van der Waals surface area (Å²) in [7, 11) is 0.777. The third-order valence-corrected chi connectivity index (χ3v) is 6.76. The summed E-state index contributed by atoms with van der Waals surface area (Å²) >= 11 is 1.72. The van der Waals surface area contributed by atoms with Gasteiger partial charge in [0.25, 0.3) is 0 Å². The molecule has 0 aliphatic heterocycles. The zero-order valence-electron chi connectivity index (χ0n) is 17.1. The Labute approximate surface area is 168 Å². The fourth-order valence-electron chi connectivity index (χ4n) is 2.08. The van der Waals surface area contributed by atoms with Gasteiger partial charge in [-0.3, -0.25) is 4.79 Å². The van der Waals surface area contributed by atoms with Crippen molar-refractivity contribution >= 4 is 31.7 Å². The summed E-state index contributed by atoms with van der Waals surface area (Å²) in [5, 5.41) is 5.44.